The lowest BCUT2D eigenvalue weighted by molar-refractivity contribution is 1.11. The SMILES string of the molecule is CSc1c(N)nsc1NCc1cccnc1. The minimum absolute atomic E-state index is 0.603. The zero-order valence-electron chi connectivity index (χ0n) is 8.80. The molecule has 16 heavy (non-hydrogen) atoms. The van der Waals surface area contributed by atoms with E-state index in [9.17, 15) is 0 Å². The van der Waals surface area contributed by atoms with Crippen molar-refractivity contribution < 1.29 is 0 Å². The third kappa shape index (κ3) is 2.45. The second-order valence-corrected chi connectivity index (χ2v) is 4.73. The first kappa shape index (κ1) is 11.2. The molecule has 0 saturated carbocycles. The number of pyridine rings is 1. The van der Waals surface area contributed by atoms with Gasteiger partial charge in [-0.1, -0.05) is 6.07 Å². The molecule has 84 valence electrons. The largest absolute Gasteiger partial charge is 0.382 e. The molecule has 2 heterocycles. The summed E-state index contributed by atoms with van der Waals surface area (Å²) < 4.78 is 4.12. The van der Waals surface area contributed by atoms with Gasteiger partial charge < -0.3 is 11.1 Å². The summed E-state index contributed by atoms with van der Waals surface area (Å²) in [6.07, 6.45) is 5.60. The lowest BCUT2D eigenvalue weighted by atomic mass is 10.3. The van der Waals surface area contributed by atoms with Crippen LogP contribution >= 0.6 is 23.3 Å². The van der Waals surface area contributed by atoms with E-state index in [1.807, 2.05) is 24.6 Å². The monoisotopic (exact) mass is 252 g/mol. The van der Waals surface area contributed by atoms with Crippen molar-refractivity contribution in [2.75, 3.05) is 17.3 Å². The van der Waals surface area contributed by atoms with Crippen molar-refractivity contribution in [1.82, 2.24) is 9.36 Å². The van der Waals surface area contributed by atoms with Crippen LogP contribution in [0.25, 0.3) is 0 Å². The third-order valence-corrected chi connectivity index (χ3v) is 3.82. The molecule has 2 aromatic heterocycles. The Balaban J connectivity index is 2.05. The quantitative estimate of drug-likeness (QED) is 0.818. The first-order valence-corrected chi connectivity index (χ1v) is 6.73. The maximum atomic E-state index is 5.75. The Morgan fingerprint density at radius 2 is 2.44 bits per heavy atom. The van der Waals surface area contributed by atoms with Gasteiger partial charge in [-0.05, 0) is 29.4 Å². The summed E-state index contributed by atoms with van der Waals surface area (Å²) in [5.41, 5.74) is 6.89. The van der Waals surface area contributed by atoms with Crippen molar-refractivity contribution in [1.29, 1.82) is 0 Å². The fourth-order valence-electron chi connectivity index (χ4n) is 1.29. The van der Waals surface area contributed by atoms with Gasteiger partial charge in [-0.25, -0.2) is 0 Å². The predicted octanol–water partition coefficient (Wildman–Crippen LogP) is 2.45. The number of aromatic nitrogens is 2. The molecule has 0 aliphatic carbocycles. The molecule has 2 aromatic rings. The van der Waals surface area contributed by atoms with Gasteiger partial charge in [0.2, 0.25) is 0 Å². The molecule has 0 spiro atoms. The highest BCUT2D eigenvalue weighted by Crippen LogP contribution is 2.34. The van der Waals surface area contributed by atoms with Crippen LogP contribution in [0, 0.1) is 0 Å². The van der Waals surface area contributed by atoms with E-state index < -0.39 is 0 Å². The fourth-order valence-corrected chi connectivity index (χ4v) is 2.83. The number of thioether (sulfide) groups is 1. The van der Waals surface area contributed by atoms with E-state index >= 15 is 0 Å². The molecule has 0 fully saturated rings. The molecule has 0 bridgehead atoms. The van der Waals surface area contributed by atoms with Gasteiger partial charge in [0.25, 0.3) is 0 Å². The summed E-state index contributed by atoms with van der Waals surface area (Å²) >= 11 is 3.00. The van der Waals surface area contributed by atoms with Crippen molar-refractivity contribution in [2.24, 2.45) is 0 Å². The van der Waals surface area contributed by atoms with Gasteiger partial charge in [0.05, 0.1) is 4.90 Å². The van der Waals surface area contributed by atoms with Gasteiger partial charge in [0, 0.05) is 18.9 Å². The third-order valence-electron chi connectivity index (χ3n) is 2.05. The Bertz CT molecular complexity index is 455. The first-order valence-electron chi connectivity index (χ1n) is 4.73. The average molecular weight is 252 g/mol. The van der Waals surface area contributed by atoms with Crippen molar-refractivity contribution in [3.05, 3.63) is 30.1 Å². The van der Waals surface area contributed by atoms with Crippen LogP contribution in [-0.2, 0) is 6.54 Å². The van der Waals surface area contributed by atoms with Crippen molar-refractivity contribution in [3.8, 4) is 0 Å². The highest BCUT2D eigenvalue weighted by atomic mass is 32.2. The molecule has 0 aliphatic heterocycles. The molecular formula is C10H12N4S2. The summed E-state index contributed by atoms with van der Waals surface area (Å²) in [7, 11) is 0. The standard InChI is InChI=1S/C10H12N4S2/c1-15-8-9(11)14-16-10(8)13-6-7-3-2-4-12-5-7/h2-5,13H,6H2,1H3,(H2,11,14). The Morgan fingerprint density at radius 3 is 3.12 bits per heavy atom. The number of nitrogens with zero attached hydrogens (tertiary/aromatic N) is 2. The molecule has 4 nitrogen and oxygen atoms in total. The van der Waals surface area contributed by atoms with E-state index in [0.29, 0.717) is 5.82 Å². The van der Waals surface area contributed by atoms with Crippen molar-refractivity contribution in [2.45, 2.75) is 11.4 Å². The summed E-state index contributed by atoms with van der Waals surface area (Å²) in [5.74, 6) is 0.603. The van der Waals surface area contributed by atoms with Crippen molar-refractivity contribution >= 4 is 34.1 Å². The van der Waals surface area contributed by atoms with Crippen LogP contribution in [0.4, 0.5) is 10.8 Å². The summed E-state index contributed by atoms with van der Waals surface area (Å²) in [6.45, 7) is 0.739. The smallest absolute Gasteiger partial charge is 0.153 e. The topological polar surface area (TPSA) is 63.8 Å². The number of nitrogens with two attached hydrogens (primary N) is 1. The van der Waals surface area contributed by atoms with Crippen LogP contribution in [0.1, 0.15) is 5.56 Å². The highest BCUT2D eigenvalue weighted by molar-refractivity contribution is 7.99. The van der Waals surface area contributed by atoms with Crippen LogP contribution in [0.2, 0.25) is 0 Å². The summed E-state index contributed by atoms with van der Waals surface area (Å²) in [4.78, 5) is 5.08. The Kier molecular flexibility index (Phi) is 3.63. The molecule has 3 N–H and O–H groups in total. The van der Waals surface area contributed by atoms with Crippen LogP contribution in [0.3, 0.4) is 0 Å². The molecule has 0 amide bonds. The Hall–Kier alpha value is -1.27. The second-order valence-electron chi connectivity index (χ2n) is 3.15. The lowest BCUT2D eigenvalue weighted by Crippen LogP contribution is -1.99. The number of anilines is 2. The van der Waals surface area contributed by atoms with E-state index in [1.165, 1.54) is 11.5 Å². The van der Waals surface area contributed by atoms with Crippen LogP contribution in [0.5, 0.6) is 0 Å². The van der Waals surface area contributed by atoms with Gasteiger partial charge in [0.15, 0.2) is 5.82 Å². The maximum Gasteiger partial charge on any atom is 0.153 e. The molecule has 2 rings (SSSR count). The maximum absolute atomic E-state index is 5.75. The van der Waals surface area contributed by atoms with Crippen LogP contribution < -0.4 is 11.1 Å². The molecule has 0 atom stereocenters. The summed E-state index contributed by atoms with van der Waals surface area (Å²) in [5, 5.41) is 4.34. The minimum Gasteiger partial charge on any atom is -0.382 e. The fraction of sp³-hybridized carbons (Fsp3) is 0.200. The zero-order valence-corrected chi connectivity index (χ0v) is 10.4. The van der Waals surface area contributed by atoms with Crippen molar-refractivity contribution in [3.63, 3.8) is 0 Å². The minimum atomic E-state index is 0.603. The van der Waals surface area contributed by atoms with Gasteiger partial charge in [-0.15, -0.1) is 11.8 Å². The normalized spacial score (nSPS) is 10.3. The number of hydrogen-bond acceptors (Lipinski definition) is 6. The second kappa shape index (κ2) is 5.18. The van der Waals surface area contributed by atoms with Gasteiger partial charge in [0.1, 0.15) is 5.00 Å². The molecule has 0 aliphatic rings. The number of nitrogens with one attached hydrogen (secondary N) is 1. The van der Waals surface area contributed by atoms with E-state index in [2.05, 4.69) is 14.7 Å². The number of hydrogen-bond donors (Lipinski definition) is 2. The molecule has 0 aromatic carbocycles. The number of nitrogen functional groups attached to an aromatic ring is 1. The van der Waals surface area contributed by atoms with Gasteiger partial charge in [-0.2, -0.15) is 4.37 Å². The van der Waals surface area contributed by atoms with E-state index in [1.54, 1.807) is 18.0 Å². The van der Waals surface area contributed by atoms with E-state index in [0.717, 1.165) is 22.0 Å². The van der Waals surface area contributed by atoms with Gasteiger partial charge >= 0.3 is 0 Å². The van der Waals surface area contributed by atoms with E-state index in [-0.39, 0.29) is 0 Å². The summed E-state index contributed by atoms with van der Waals surface area (Å²) in [6, 6.07) is 3.96. The molecular weight excluding hydrogens is 240 g/mol. The molecule has 0 radical (unpaired) electrons. The van der Waals surface area contributed by atoms with Gasteiger partial charge in [-0.3, -0.25) is 4.98 Å². The van der Waals surface area contributed by atoms with Crippen LogP contribution in [0.15, 0.2) is 29.4 Å². The molecule has 0 unspecified atom stereocenters. The number of rotatable bonds is 4. The predicted molar refractivity (Wildman–Crippen MR) is 69.9 cm³/mol. The Morgan fingerprint density at radius 1 is 1.56 bits per heavy atom. The zero-order chi connectivity index (χ0) is 11.4. The molecule has 0 saturated heterocycles. The average Bonchev–Trinajstić information content (AvgIpc) is 2.68. The van der Waals surface area contributed by atoms with E-state index in [4.69, 9.17) is 5.73 Å². The lowest BCUT2D eigenvalue weighted by Gasteiger charge is -2.04. The highest BCUT2D eigenvalue weighted by Gasteiger charge is 2.09. The molecule has 6 heteroatoms. The van der Waals surface area contributed by atoms with Crippen LogP contribution in [-0.4, -0.2) is 15.6 Å². The first-order chi connectivity index (χ1) is 7.81. The Labute approximate surface area is 102 Å².